The smallest absolute Gasteiger partial charge is 0.254 e. The third-order valence-electron chi connectivity index (χ3n) is 7.70. The number of hydrogen-bond donors (Lipinski definition) is 2. The van der Waals surface area contributed by atoms with Gasteiger partial charge in [-0.05, 0) is 55.1 Å². The molecule has 1 fully saturated rings. The summed E-state index contributed by atoms with van der Waals surface area (Å²) < 4.78 is 48.4. The summed E-state index contributed by atoms with van der Waals surface area (Å²) in [5, 5.41) is 7.43. The predicted molar refractivity (Wildman–Crippen MR) is 150 cm³/mol. The first-order chi connectivity index (χ1) is 19.2. The van der Waals surface area contributed by atoms with Crippen LogP contribution in [0.15, 0.2) is 46.9 Å². The molecule has 2 unspecified atom stereocenters. The van der Waals surface area contributed by atoms with E-state index in [0.29, 0.717) is 11.3 Å². The number of hydrogen-bond acceptors (Lipinski definition) is 6. The average Bonchev–Trinajstić information content (AvgIpc) is 3.04. The minimum absolute atomic E-state index is 0.0526. The standard InChI is InChI=1S/C29H30BrF2N3O5/c1-16(33-2)27(36)34-26-28(37)35(15-20-19-6-5-18(30)14-17(19)4-9-23(20)38-3)22-8-7-21(31)24(32)25(22)40-29(26)10-12-39-13-11-29/h4-9,14,16,26,33H,10-13,15H2,1-3H3,(H,34,36). The van der Waals surface area contributed by atoms with Crippen LogP contribution in [0.4, 0.5) is 14.5 Å². The molecular formula is C29H30BrF2N3O5. The van der Waals surface area contributed by atoms with Gasteiger partial charge in [-0.15, -0.1) is 0 Å². The molecule has 2 aliphatic rings. The van der Waals surface area contributed by atoms with Crippen LogP contribution in [0.1, 0.15) is 25.3 Å². The Bertz CT molecular complexity index is 1460. The van der Waals surface area contributed by atoms with Gasteiger partial charge in [0.1, 0.15) is 17.4 Å². The largest absolute Gasteiger partial charge is 0.496 e. The molecule has 5 rings (SSSR count). The predicted octanol–water partition coefficient (Wildman–Crippen LogP) is 4.46. The first-order valence-electron chi connectivity index (χ1n) is 13.0. The summed E-state index contributed by atoms with van der Waals surface area (Å²) in [6, 6.07) is 9.88. The van der Waals surface area contributed by atoms with Crippen LogP contribution >= 0.6 is 15.9 Å². The first-order valence-corrected chi connectivity index (χ1v) is 13.8. The summed E-state index contributed by atoms with van der Waals surface area (Å²) in [5.41, 5.74) is -0.637. The molecule has 11 heteroatoms. The number of rotatable bonds is 6. The second-order valence-electron chi connectivity index (χ2n) is 9.98. The first kappa shape index (κ1) is 28.3. The van der Waals surface area contributed by atoms with Gasteiger partial charge in [0, 0.05) is 22.9 Å². The molecule has 3 aromatic rings. The molecule has 2 atom stereocenters. The molecule has 0 aliphatic carbocycles. The number of fused-ring (bicyclic) bond motifs is 2. The molecule has 212 valence electrons. The van der Waals surface area contributed by atoms with Gasteiger partial charge in [0.15, 0.2) is 11.6 Å². The van der Waals surface area contributed by atoms with E-state index in [1.54, 1.807) is 20.0 Å². The van der Waals surface area contributed by atoms with Crippen LogP contribution in [-0.2, 0) is 20.9 Å². The Morgan fingerprint density at radius 1 is 1.20 bits per heavy atom. The molecule has 3 aromatic carbocycles. The quantitative estimate of drug-likeness (QED) is 0.425. The van der Waals surface area contributed by atoms with Crippen molar-refractivity contribution < 1.29 is 32.6 Å². The van der Waals surface area contributed by atoms with E-state index in [-0.39, 0.29) is 44.0 Å². The van der Waals surface area contributed by atoms with Crippen molar-refractivity contribution in [1.29, 1.82) is 0 Å². The van der Waals surface area contributed by atoms with Gasteiger partial charge in [-0.1, -0.05) is 28.1 Å². The van der Waals surface area contributed by atoms with Gasteiger partial charge < -0.3 is 29.7 Å². The second kappa shape index (κ2) is 11.3. The second-order valence-corrected chi connectivity index (χ2v) is 10.9. The summed E-state index contributed by atoms with van der Waals surface area (Å²) in [5.74, 6) is -3.12. The number of carbonyl (C=O) groups is 2. The van der Waals surface area contributed by atoms with Crippen molar-refractivity contribution in [3.05, 3.63) is 64.1 Å². The van der Waals surface area contributed by atoms with E-state index in [2.05, 4.69) is 26.6 Å². The number of carbonyl (C=O) groups excluding carboxylic acids is 2. The zero-order valence-electron chi connectivity index (χ0n) is 22.4. The number of amides is 2. The number of nitrogens with zero attached hydrogens (tertiary/aromatic N) is 1. The van der Waals surface area contributed by atoms with E-state index in [0.717, 1.165) is 21.3 Å². The minimum atomic E-state index is -1.36. The fourth-order valence-corrected chi connectivity index (χ4v) is 5.69. The Morgan fingerprint density at radius 3 is 2.65 bits per heavy atom. The number of nitrogens with one attached hydrogen (secondary N) is 2. The number of likely N-dealkylation sites (N-methyl/N-ethyl adjacent to an activating group) is 1. The van der Waals surface area contributed by atoms with Crippen LogP contribution in [0.3, 0.4) is 0 Å². The maximum absolute atomic E-state index is 15.5. The molecule has 0 aromatic heterocycles. The molecule has 8 nitrogen and oxygen atoms in total. The van der Waals surface area contributed by atoms with E-state index >= 15 is 4.39 Å². The summed E-state index contributed by atoms with van der Waals surface area (Å²) in [4.78, 5) is 29.0. The lowest BCUT2D eigenvalue weighted by molar-refractivity contribution is -0.138. The third kappa shape index (κ3) is 5.02. The maximum Gasteiger partial charge on any atom is 0.254 e. The molecule has 0 bridgehead atoms. The zero-order valence-corrected chi connectivity index (χ0v) is 23.9. The van der Waals surface area contributed by atoms with Crippen molar-refractivity contribution in [2.45, 2.75) is 44.0 Å². The molecule has 2 amide bonds. The summed E-state index contributed by atoms with van der Waals surface area (Å²) in [7, 11) is 3.16. The van der Waals surface area contributed by atoms with Crippen molar-refractivity contribution in [2.24, 2.45) is 0 Å². The number of halogens is 3. The van der Waals surface area contributed by atoms with E-state index in [9.17, 15) is 14.0 Å². The summed E-state index contributed by atoms with van der Waals surface area (Å²) >= 11 is 3.49. The van der Waals surface area contributed by atoms with Crippen molar-refractivity contribution in [2.75, 3.05) is 32.3 Å². The monoisotopic (exact) mass is 617 g/mol. The van der Waals surface area contributed by atoms with Gasteiger partial charge in [-0.3, -0.25) is 9.59 Å². The van der Waals surface area contributed by atoms with Crippen molar-refractivity contribution in [3.63, 3.8) is 0 Å². The van der Waals surface area contributed by atoms with Gasteiger partial charge in [0.05, 0.1) is 38.6 Å². The highest BCUT2D eigenvalue weighted by Gasteiger charge is 2.52. The van der Waals surface area contributed by atoms with Gasteiger partial charge >= 0.3 is 0 Å². The molecule has 40 heavy (non-hydrogen) atoms. The highest BCUT2D eigenvalue weighted by molar-refractivity contribution is 9.10. The lowest BCUT2D eigenvalue weighted by Gasteiger charge is -2.41. The summed E-state index contributed by atoms with van der Waals surface area (Å²) in [6.45, 7) is 2.05. The third-order valence-corrected chi connectivity index (χ3v) is 8.20. The Labute approximate surface area is 239 Å². The van der Waals surface area contributed by atoms with Crippen LogP contribution in [0.5, 0.6) is 11.5 Å². The Kier molecular flexibility index (Phi) is 7.98. The fourth-order valence-electron chi connectivity index (χ4n) is 5.31. The van der Waals surface area contributed by atoms with E-state index in [1.165, 1.54) is 18.1 Å². The van der Waals surface area contributed by atoms with Gasteiger partial charge in [-0.2, -0.15) is 4.39 Å². The lowest BCUT2D eigenvalue weighted by atomic mass is 9.84. The molecule has 1 saturated heterocycles. The highest BCUT2D eigenvalue weighted by Crippen LogP contribution is 2.44. The lowest BCUT2D eigenvalue weighted by Crippen LogP contribution is -2.65. The van der Waals surface area contributed by atoms with E-state index in [4.69, 9.17) is 14.2 Å². The number of anilines is 1. The highest BCUT2D eigenvalue weighted by atomic mass is 79.9. The van der Waals surface area contributed by atoms with Crippen LogP contribution in [0, 0.1) is 11.6 Å². The van der Waals surface area contributed by atoms with Crippen LogP contribution in [0.2, 0.25) is 0 Å². The minimum Gasteiger partial charge on any atom is -0.496 e. The number of benzene rings is 3. The Hall–Kier alpha value is -3.28. The van der Waals surface area contributed by atoms with E-state index in [1.807, 2.05) is 24.3 Å². The van der Waals surface area contributed by atoms with Gasteiger partial charge in [0.25, 0.3) is 5.91 Å². The van der Waals surface area contributed by atoms with Crippen molar-refractivity contribution in [1.82, 2.24) is 10.6 Å². The molecule has 2 aliphatic heterocycles. The SMILES string of the molecule is CNC(C)C(=O)NC1C(=O)N(Cc2c(OC)ccc3cc(Br)ccc23)c2ccc(F)c(F)c2OC12CCOCC2. The van der Waals surface area contributed by atoms with Crippen LogP contribution < -0.4 is 25.0 Å². The molecular weight excluding hydrogens is 588 g/mol. The van der Waals surface area contributed by atoms with Crippen molar-refractivity contribution in [3.8, 4) is 11.5 Å². The Balaban J connectivity index is 1.70. The van der Waals surface area contributed by atoms with Crippen LogP contribution in [-0.4, -0.2) is 56.9 Å². The topological polar surface area (TPSA) is 89.1 Å². The molecule has 2 heterocycles. The van der Waals surface area contributed by atoms with Crippen LogP contribution in [0.25, 0.3) is 10.8 Å². The zero-order chi connectivity index (χ0) is 28.6. The molecule has 0 radical (unpaired) electrons. The molecule has 0 saturated carbocycles. The average molecular weight is 618 g/mol. The summed E-state index contributed by atoms with van der Waals surface area (Å²) in [6.07, 6.45) is 0.374. The van der Waals surface area contributed by atoms with E-state index < -0.39 is 41.1 Å². The maximum atomic E-state index is 15.5. The normalized spacial score (nSPS) is 19.1. The molecule has 2 N–H and O–H groups in total. The fraction of sp³-hybridized carbons (Fsp3) is 0.379. The Morgan fingerprint density at radius 2 is 1.95 bits per heavy atom. The molecule has 1 spiro atoms. The number of ether oxygens (including phenoxy) is 3. The van der Waals surface area contributed by atoms with Gasteiger partial charge in [0.2, 0.25) is 11.7 Å². The van der Waals surface area contributed by atoms with Crippen molar-refractivity contribution >= 4 is 44.2 Å². The van der Waals surface area contributed by atoms with Gasteiger partial charge in [-0.25, -0.2) is 4.39 Å². The number of methoxy groups -OCH3 is 1.